The van der Waals surface area contributed by atoms with Crippen LogP contribution in [0.4, 0.5) is 0 Å². The number of fused-ring (bicyclic) bond motifs is 2. The first-order chi connectivity index (χ1) is 6.18. The zero-order valence-electron chi connectivity index (χ0n) is 7.61. The molecule has 0 amide bonds. The second-order valence-electron chi connectivity index (χ2n) is 4.53. The first-order valence-corrected chi connectivity index (χ1v) is 5.36. The molecule has 13 heavy (non-hydrogen) atoms. The molecule has 4 heteroatoms. The fourth-order valence-corrected chi connectivity index (χ4v) is 3.18. The number of rotatable bonds is 2. The maximum Gasteiger partial charge on any atom is 0.375 e. The first-order valence-electron chi connectivity index (χ1n) is 4.99. The third kappa shape index (κ3) is 1.21. The molecule has 3 rings (SSSR count). The van der Waals surface area contributed by atoms with E-state index in [9.17, 15) is 0 Å². The van der Waals surface area contributed by atoms with Crippen molar-refractivity contribution in [3.05, 3.63) is 0 Å². The predicted octanol–water partition coefficient (Wildman–Crippen LogP) is 2.75. The Kier molecular flexibility index (Phi) is 1.54. The minimum atomic E-state index is -0.977. The van der Waals surface area contributed by atoms with Gasteiger partial charge in [-0.15, -0.1) is 10.2 Å². The van der Waals surface area contributed by atoms with Crippen LogP contribution in [0, 0.1) is 17.8 Å². The summed E-state index contributed by atoms with van der Waals surface area (Å²) in [6.07, 6.45) is 4.21. The molecule has 0 radical (unpaired) electrons. The van der Waals surface area contributed by atoms with Crippen molar-refractivity contribution in [3.8, 4) is 0 Å². The van der Waals surface area contributed by atoms with E-state index in [-0.39, 0.29) is 0 Å². The van der Waals surface area contributed by atoms with Crippen LogP contribution in [0.1, 0.15) is 26.2 Å². The molecular formula is C9H13ClN2O. The van der Waals surface area contributed by atoms with Crippen molar-refractivity contribution < 1.29 is 4.74 Å². The van der Waals surface area contributed by atoms with E-state index in [1.807, 2.05) is 0 Å². The molecule has 2 fully saturated rings. The molecule has 1 aliphatic heterocycles. The number of hydrogen-bond donors (Lipinski definition) is 0. The largest absolute Gasteiger partial charge is 0.375 e. The maximum atomic E-state index is 5.87. The average molecular weight is 201 g/mol. The molecule has 2 saturated carbocycles. The predicted molar refractivity (Wildman–Crippen MR) is 48.3 cm³/mol. The highest BCUT2D eigenvalue weighted by Gasteiger charge is 2.52. The normalized spacial score (nSPS) is 50.0. The van der Waals surface area contributed by atoms with Crippen molar-refractivity contribution >= 4 is 11.6 Å². The Labute approximate surface area is 82.5 Å². The van der Waals surface area contributed by atoms with Gasteiger partial charge in [0.15, 0.2) is 0 Å². The second-order valence-corrected chi connectivity index (χ2v) is 5.02. The van der Waals surface area contributed by atoms with Crippen molar-refractivity contribution in [2.75, 3.05) is 0 Å². The number of ether oxygens (including phenoxy) is 1. The van der Waals surface area contributed by atoms with E-state index in [4.69, 9.17) is 16.3 Å². The Morgan fingerprint density at radius 1 is 1.38 bits per heavy atom. The van der Waals surface area contributed by atoms with E-state index < -0.39 is 5.31 Å². The molecule has 2 aliphatic carbocycles. The van der Waals surface area contributed by atoms with Crippen LogP contribution >= 0.6 is 11.6 Å². The Hall–Kier alpha value is -0.150. The van der Waals surface area contributed by atoms with E-state index >= 15 is 0 Å². The fourth-order valence-electron chi connectivity index (χ4n) is 3.04. The minimum Gasteiger partial charge on any atom is -0.316 e. The summed E-state index contributed by atoms with van der Waals surface area (Å²) in [7, 11) is 0. The van der Waals surface area contributed by atoms with Gasteiger partial charge in [0.2, 0.25) is 0 Å². The van der Waals surface area contributed by atoms with E-state index in [1.165, 1.54) is 19.3 Å². The number of alkyl halides is 1. The molecule has 3 nitrogen and oxygen atoms in total. The van der Waals surface area contributed by atoms with E-state index in [0.29, 0.717) is 17.9 Å². The lowest BCUT2D eigenvalue weighted by Gasteiger charge is -2.18. The molecule has 0 spiro atoms. The van der Waals surface area contributed by atoms with Gasteiger partial charge in [-0.3, -0.25) is 0 Å². The lowest BCUT2D eigenvalue weighted by molar-refractivity contribution is -0.0219. The molecule has 72 valence electrons. The van der Waals surface area contributed by atoms with Crippen LogP contribution in [-0.2, 0) is 4.74 Å². The van der Waals surface area contributed by atoms with Gasteiger partial charge < -0.3 is 4.74 Å². The van der Waals surface area contributed by atoms with Crippen LogP contribution in [0.25, 0.3) is 0 Å². The number of nitrogens with zero attached hydrogens (tertiary/aromatic N) is 2. The zero-order valence-corrected chi connectivity index (χ0v) is 8.37. The molecule has 2 unspecified atom stereocenters. The Bertz CT molecular complexity index is 262. The molecule has 0 aromatic carbocycles. The van der Waals surface area contributed by atoms with Gasteiger partial charge in [0, 0.05) is 0 Å². The van der Waals surface area contributed by atoms with Gasteiger partial charge in [-0.05, 0) is 48.6 Å². The van der Waals surface area contributed by atoms with Crippen molar-refractivity contribution in [3.63, 3.8) is 0 Å². The summed E-state index contributed by atoms with van der Waals surface area (Å²) in [5.74, 6) is 2.20. The minimum absolute atomic E-state index is 0.322. The number of hydrogen-bond acceptors (Lipinski definition) is 3. The van der Waals surface area contributed by atoms with Crippen LogP contribution in [0.15, 0.2) is 10.2 Å². The third-order valence-corrected chi connectivity index (χ3v) is 3.95. The van der Waals surface area contributed by atoms with Crippen molar-refractivity contribution in [1.29, 1.82) is 0 Å². The quantitative estimate of drug-likeness (QED) is 0.499. The molecule has 1 heterocycles. The molecule has 0 saturated heterocycles. The summed E-state index contributed by atoms with van der Waals surface area (Å²) >= 11 is 5.87. The number of halogens is 1. The van der Waals surface area contributed by atoms with E-state index in [0.717, 1.165) is 5.92 Å². The zero-order chi connectivity index (χ0) is 9.05. The summed E-state index contributed by atoms with van der Waals surface area (Å²) in [6.45, 7) is 2.31. The van der Waals surface area contributed by atoms with Gasteiger partial charge in [0.1, 0.15) is 0 Å². The molecule has 0 N–H and O–H groups in total. The smallest absolute Gasteiger partial charge is 0.316 e. The molecule has 3 aliphatic rings. The van der Waals surface area contributed by atoms with Crippen molar-refractivity contribution in [1.82, 2.24) is 0 Å². The molecule has 0 aromatic rings. The molecule has 4 atom stereocenters. The monoisotopic (exact) mass is 200 g/mol. The van der Waals surface area contributed by atoms with Gasteiger partial charge >= 0.3 is 5.31 Å². The van der Waals surface area contributed by atoms with Crippen LogP contribution < -0.4 is 0 Å². The van der Waals surface area contributed by atoms with Crippen LogP contribution in [-0.4, -0.2) is 11.4 Å². The van der Waals surface area contributed by atoms with Gasteiger partial charge in [0.25, 0.3) is 0 Å². The van der Waals surface area contributed by atoms with Gasteiger partial charge in [-0.25, -0.2) is 0 Å². The second kappa shape index (κ2) is 2.45. The lowest BCUT2D eigenvalue weighted by Crippen LogP contribution is -2.25. The highest BCUT2D eigenvalue weighted by Crippen LogP contribution is 2.52. The Morgan fingerprint density at radius 2 is 2.15 bits per heavy atom. The topological polar surface area (TPSA) is 34.0 Å². The maximum absolute atomic E-state index is 5.87. The standard InChI is InChI=1S/C9H13ClN2O/c1-5-4-6-2-3-7(5)8(6)13-9(10)11-12-9/h5-8H,2-4H2,1H3/t5-,6?,7?,8+/m1/s1. The van der Waals surface area contributed by atoms with Crippen molar-refractivity contribution in [2.45, 2.75) is 37.6 Å². The highest BCUT2D eigenvalue weighted by atomic mass is 35.5. The summed E-state index contributed by atoms with van der Waals surface area (Å²) in [4.78, 5) is 0. The van der Waals surface area contributed by atoms with Gasteiger partial charge in [-0.2, -0.15) is 0 Å². The SMILES string of the molecule is C[C@@H]1CC2CCC1[C@H]2OC1(Cl)N=N1. The van der Waals surface area contributed by atoms with Crippen LogP contribution in [0.2, 0.25) is 0 Å². The van der Waals surface area contributed by atoms with Gasteiger partial charge in [-0.1, -0.05) is 6.92 Å². The summed E-state index contributed by atoms with van der Waals surface area (Å²) in [6, 6.07) is 0. The fraction of sp³-hybridized carbons (Fsp3) is 1.00. The summed E-state index contributed by atoms with van der Waals surface area (Å²) in [5.41, 5.74) is 0. The van der Waals surface area contributed by atoms with E-state index in [1.54, 1.807) is 0 Å². The van der Waals surface area contributed by atoms with Crippen LogP contribution in [0.5, 0.6) is 0 Å². The summed E-state index contributed by atoms with van der Waals surface area (Å²) in [5, 5.41) is 6.40. The molecular weight excluding hydrogens is 188 g/mol. The molecule has 2 bridgehead atoms. The average Bonchev–Trinajstić information content (AvgIpc) is 2.59. The lowest BCUT2D eigenvalue weighted by atomic mass is 9.91. The third-order valence-electron chi connectivity index (χ3n) is 3.71. The highest BCUT2D eigenvalue weighted by molar-refractivity contribution is 6.23. The van der Waals surface area contributed by atoms with Crippen LogP contribution in [0.3, 0.4) is 0 Å². The van der Waals surface area contributed by atoms with Crippen molar-refractivity contribution in [2.24, 2.45) is 28.0 Å². The Morgan fingerprint density at radius 3 is 2.62 bits per heavy atom. The van der Waals surface area contributed by atoms with Gasteiger partial charge in [0.05, 0.1) is 6.10 Å². The first kappa shape index (κ1) is 8.18. The molecule has 0 aromatic heterocycles. The van der Waals surface area contributed by atoms with E-state index in [2.05, 4.69) is 17.2 Å². The Balaban J connectivity index is 1.71. The summed E-state index contributed by atoms with van der Waals surface area (Å²) < 4.78 is 5.70.